The largest absolute Gasteiger partial charge is 0.302 e. The lowest BCUT2D eigenvalue weighted by molar-refractivity contribution is -0.117. The Bertz CT molecular complexity index is 1170. The molecule has 0 radical (unpaired) electrons. The number of piperidine rings is 1. The number of benzene rings is 2. The third-order valence-corrected chi connectivity index (χ3v) is 8.39. The molecule has 1 aromatic heterocycles. The van der Waals surface area contributed by atoms with E-state index in [-0.39, 0.29) is 23.3 Å². The zero-order valence-electron chi connectivity index (χ0n) is 17.1. The molecule has 158 valence electrons. The number of anilines is 1. The van der Waals surface area contributed by atoms with Crippen LogP contribution < -0.4 is 5.32 Å². The molecule has 4 rings (SSSR count). The number of sulfonamides is 1. The summed E-state index contributed by atoms with van der Waals surface area (Å²) in [5.74, 6) is -0.206. The number of para-hydroxylation sites is 1. The first-order valence-electron chi connectivity index (χ1n) is 10.1. The van der Waals surface area contributed by atoms with Gasteiger partial charge in [-0.1, -0.05) is 47.6 Å². The molecule has 0 aliphatic carbocycles. The summed E-state index contributed by atoms with van der Waals surface area (Å²) in [6, 6.07) is 12.5. The molecule has 1 aliphatic heterocycles. The molecule has 1 fully saturated rings. The third-order valence-electron chi connectivity index (χ3n) is 5.49. The van der Waals surface area contributed by atoms with Crippen molar-refractivity contribution >= 4 is 42.6 Å². The van der Waals surface area contributed by atoms with E-state index < -0.39 is 10.0 Å². The van der Waals surface area contributed by atoms with E-state index >= 15 is 0 Å². The molecule has 3 aromatic rings. The van der Waals surface area contributed by atoms with Crippen LogP contribution in [0.25, 0.3) is 10.2 Å². The molecular formula is C22H25N3O3S2. The second-order valence-electron chi connectivity index (χ2n) is 7.77. The SMILES string of the molecule is Cc1ccc(S(=O)(=O)N2CCCC[C@H]2CC(=O)Nc2nc3c(C)cccc3s2)cc1. The molecule has 0 saturated carbocycles. The molecule has 0 unspecified atom stereocenters. The fraction of sp³-hybridized carbons (Fsp3) is 0.364. The summed E-state index contributed by atoms with van der Waals surface area (Å²) in [5, 5.41) is 3.42. The lowest BCUT2D eigenvalue weighted by Crippen LogP contribution is -2.45. The Balaban J connectivity index is 1.50. The van der Waals surface area contributed by atoms with Gasteiger partial charge >= 0.3 is 0 Å². The van der Waals surface area contributed by atoms with Crippen LogP contribution in [0.5, 0.6) is 0 Å². The molecule has 30 heavy (non-hydrogen) atoms. The van der Waals surface area contributed by atoms with Gasteiger partial charge in [-0.2, -0.15) is 4.31 Å². The van der Waals surface area contributed by atoms with Gasteiger partial charge in [-0.15, -0.1) is 0 Å². The number of hydrogen-bond donors (Lipinski definition) is 1. The maximum atomic E-state index is 13.2. The lowest BCUT2D eigenvalue weighted by atomic mass is 10.0. The van der Waals surface area contributed by atoms with E-state index in [2.05, 4.69) is 10.3 Å². The molecule has 1 atom stereocenters. The number of nitrogens with one attached hydrogen (secondary N) is 1. The maximum absolute atomic E-state index is 13.2. The van der Waals surface area contributed by atoms with E-state index in [0.29, 0.717) is 18.1 Å². The summed E-state index contributed by atoms with van der Waals surface area (Å²) in [6.45, 7) is 4.35. The molecule has 0 bridgehead atoms. The summed E-state index contributed by atoms with van der Waals surface area (Å²) in [7, 11) is -3.63. The van der Waals surface area contributed by atoms with Crippen molar-refractivity contribution in [3.8, 4) is 0 Å². The van der Waals surface area contributed by atoms with E-state index in [0.717, 1.165) is 34.2 Å². The summed E-state index contributed by atoms with van der Waals surface area (Å²) in [4.78, 5) is 17.5. The summed E-state index contributed by atoms with van der Waals surface area (Å²) >= 11 is 1.43. The van der Waals surface area contributed by atoms with Crippen molar-refractivity contribution in [2.45, 2.75) is 50.5 Å². The number of carbonyl (C=O) groups is 1. The van der Waals surface area contributed by atoms with Crippen LogP contribution in [0.15, 0.2) is 47.4 Å². The van der Waals surface area contributed by atoms with Crippen LogP contribution in [-0.4, -0.2) is 36.2 Å². The van der Waals surface area contributed by atoms with E-state index in [4.69, 9.17) is 0 Å². The highest BCUT2D eigenvalue weighted by atomic mass is 32.2. The second-order valence-corrected chi connectivity index (χ2v) is 10.7. The van der Waals surface area contributed by atoms with Crippen molar-refractivity contribution < 1.29 is 13.2 Å². The fourth-order valence-electron chi connectivity index (χ4n) is 3.86. The molecule has 1 N–H and O–H groups in total. The van der Waals surface area contributed by atoms with Crippen LogP contribution in [-0.2, 0) is 14.8 Å². The average Bonchev–Trinajstić information content (AvgIpc) is 3.12. The second kappa shape index (κ2) is 8.45. The standard InChI is InChI=1S/C22H25N3O3S2/c1-15-9-11-18(12-10-15)30(27,28)25-13-4-3-7-17(25)14-20(26)23-22-24-21-16(2)6-5-8-19(21)29-22/h5-6,8-12,17H,3-4,7,13-14H2,1-2H3,(H,23,24,26)/t17-/m0/s1. The Morgan fingerprint density at radius 2 is 1.93 bits per heavy atom. The normalized spacial score (nSPS) is 17.9. The Hall–Kier alpha value is -2.29. The van der Waals surface area contributed by atoms with Crippen molar-refractivity contribution in [3.05, 3.63) is 53.6 Å². The minimum atomic E-state index is -3.63. The zero-order valence-corrected chi connectivity index (χ0v) is 18.7. The van der Waals surface area contributed by atoms with Crippen molar-refractivity contribution in [1.29, 1.82) is 0 Å². The molecule has 2 heterocycles. The molecule has 1 aliphatic rings. The Labute approximate surface area is 181 Å². The smallest absolute Gasteiger partial charge is 0.243 e. The van der Waals surface area contributed by atoms with E-state index in [1.807, 2.05) is 32.0 Å². The monoisotopic (exact) mass is 443 g/mol. The van der Waals surface area contributed by atoms with Crippen LogP contribution in [0.3, 0.4) is 0 Å². The molecule has 1 amide bonds. The Morgan fingerprint density at radius 3 is 2.67 bits per heavy atom. The first-order chi connectivity index (χ1) is 14.3. The third kappa shape index (κ3) is 4.26. The highest BCUT2D eigenvalue weighted by molar-refractivity contribution is 7.89. The minimum Gasteiger partial charge on any atom is -0.302 e. The van der Waals surface area contributed by atoms with Crippen LogP contribution in [0, 0.1) is 13.8 Å². The number of carbonyl (C=O) groups excluding carboxylic acids is 1. The fourth-order valence-corrected chi connectivity index (χ4v) is 6.52. The molecule has 1 saturated heterocycles. The van der Waals surface area contributed by atoms with Gasteiger partial charge in [0.2, 0.25) is 15.9 Å². The highest BCUT2D eigenvalue weighted by Gasteiger charge is 2.34. The first kappa shape index (κ1) is 21.0. The average molecular weight is 444 g/mol. The Kier molecular flexibility index (Phi) is 5.90. The molecule has 8 heteroatoms. The van der Waals surface area contributed by atoms with Gasteiger partial charge in [0.15, 0.2) is 5.13 Å². The number of thiazole rings is 1. The topological polar surface area (TPSA) is 79.4 Å². The van der Waals surface area contributed by atoms with E-state index in [1.54, 1.807) is 24.3 Å². The number of aryl methyl sites for hydroxylation is 2. The summed E-state index contributed by atoms with van der Waals surface area (Å²) in [6.07, 6.45) is 2.52. The number of rotatable bonds is 5. The number of hydrogen-bond acceptors (Lipinski definition) is 5. The molecule has 0 spiro atoms. The van der Waals surface area contributed by atoms with Gasteiger partial charge in [0.25, 0.3) is 0 Å². The molecular weight excluding hydrogens is 418 g/mol. The number of nitrogens with zero attached hydrogens (tertiary/aromatic N) is 2. The number of amides is 1. The van der Waals surface area contributed by atoms with E-state index in [1.165, 1.54) is 15.6 Å². The highest BCUT2D eigenvalue weighted by Crippen LogP contribution is 2.30. The molecule has 6 nitrogen and oxygen atoms in total. The van der Waals surface area contributed by atoms with Crippen molar-refractivity contribution in [2.24, 2.45) is 0 Å². The maximum Gasteiger partial charge on any atom is 0.243 e. The molecule has 2 aromatic carbocycles. The van der Waals surface area contributed by atoms with Gasteiger partial charge < -0.3 is 5.32 Å². The lowest BCUT2D eigenvalue weighted by Gasteiger charge is -2.34. The van der Waals surface area contributed by atoms with Gasteiger partial charge in [-0.3, -0.25) is 4.79 Å². The van der Waals surface area contributed by atoms with Crippen LogP contribution in [0.1, 0.15) is 36.8 Å². The minimum absolute atomic E-state index is 0.125. The van der Waals surface area contributed by atoms with Crippen LogP contribution in [0.2, 0.25) is 0 Å². The van der Waals surface area contributed by atoms with Gasteiger partial charge in [0, 0.05) is 19.0 Å². The van der Waals surface area contributed by atoms with Gasteiger partial charge in [-0.25, -0.2) is 13.4 Å². The number of aromatic nitrogens is 1. The Morgan fingerprint density at radius 1 is 1.17 bits per heavy atom. The first-order valence-corrected chi connectivity index (χ1v) is 12.3. The van der Waals surface area contributed by atoms with Crippen LogP contribution in [0.4, 0.5) is 5.13 Å². The van der Waals surface area contributed by atoms with E-state index in [9.17, 15) is 13.2 Å². The van der Waals surface area contributed by atoms with Crippen molar-refractivity contribution in [2.75, 3.05) is 11.9 Å². The quantitative estimate of drug-likeness (QED) is 0.630. The predicted octanol–water partition coefficient (Wildman–Crippen LogP) is 4.49. The van der Waals surface area contributed by atoms with Gasteiger partial charge in [0.05, 0.1) is 15.1 Å². The number of fused-ring (bicyclic) bond motifs is 1. The van der Waals surface area contributed by atoms with Crippen LogP contribution >= 0.6 is 11.3 Å². The summed E-state index contributed by atoms with van der Waals surface area (Å²) in [5.41, 5.74) is 2.96. The van der Waals surface area contributed by atoms with Crippen molar-refractivity contribution in [3.63, 3.8) is 0 Å². The zero-order chi connectivity index (χ0) is 21.3. The summed E-state index contributed by atoms with van der Waals surface area (Å²) < 4.78 is 28.9. The predicted molar refractivity (Wildman–Crippen MR) is 120 cm³/mol. The van der Waals surface area contributed by atoms with Crippen molar-refractivity contribution in [1.82, 2.24) is 9.29 Å². The van der Waals surface area contributed by atoms with Gasteiger partial charge in [-0.05, 0) is 50.5 Å². The van der Waals surface area contributed by atoms with Gasteiger partial charge in [0.1, 0.15) is 0 Å².